The standard InChI is InChI=1S/C19H18N2OS/c1-2-13-21-18(22)17(14-15-9-5-3-6-10-15)23-19(21)20-16-11-7-4-8-12-16/h3-12,14H,2,13H2,1H3/b17-14+,20-19?. The number of rotatable bonds is 4. The maximum absolute atomic E-state index is 12.7. The fraction of sp³-hybridized carbons (Fsp3) is 0.158. The monoisotopic (exact) mass is 322 g/mol. The third kappa shape index (κ3) is 3.71. The molecule has 1 aliphatic heterocycles. The zero-order valence-electron chi connectivity index (χ0n) is 13.0. The Hall–Kier alpha value is -2.33. The highest BCUT2D eigenvalue weighted by Gasteiger charge is 2.32. The van der Waals surface area contributed by atoms with Gasteiger partial charge in [-0.3, -0.25) is 9.69 Å². The van der Waals surface area contributed by atoms with Gasteiger partial charge in [-0.2, -0.15) is 0 Å². The number of amidine groups is 1. The average molecular weight is 322 g/mol. The summed E-state index contributed by atoms with van der Waals surface area (Å²) < 4.78 is 0. The van der Waals surface area contributed by atoms with Gasteiger partial charge in [-0.15, -0.1) is 0 Å². The lowest BCUT2D eigenvalue weighted by atomic mass is 10.2. The van der Waals surface area contributed by atoms with Crippen molar-refractivity contribution in [2.45, 2.75) is 13.3 Å². The van der Waals surface area contributed by atoms with Gasteiger partial charge in [-0.1, -0.05) is 55.5 Å². The number of hydrogen-bond acceptors (Lipinski definition) is 3. The molecule has 0 radical (unpaired) electrons. The number of thioether (sulfide) groups is 1. The SMILES string of the molecule is CCCN1C(=O)/C(=C\c2ccccc2)SC1=Nc1ccccc1. The van der Waals surface area contributed by atoms with Crippen LogP contribution in [0.25, 0.3) is 6.08 Å². The molecule has 1 heterocycles. The van der Waals surface area contributed by atoms with E-state index in [0.717, 1.165) is 27.7 Å². The summed E-state index contributed by atoms with van der Waals surface area (Å²) in [5.74, 6) is 0.0374. The van der Waals surface area contributed by atoms with Gasteiger partial charge in [0, 0.05) is 6.54 Å². The van der Waals surface area contributed by atoms with E-state index < -0.39 is 0 Å². The van der Waals surface area contributed by atoms with E-state index in [1.165, 1.54) is 11.8 Å². The highest BCUT2D eigenvalue weighted by Crippen LogP contribution is 2.34. The molecule has 3 nitrogen and oxygen atoms in total. The number of amides is 1. The lowest BCUT2D eigenvalue weighted by Gasteiger charge is -2.13. The molecule has 0 unspecified atom stereocenters. The minimum Gasteiger partial charge on any atom is -0.286 e. The molecule has 4 heteroatoms. The molecule has 1 fully saturated rings. The zero-order valence-corrected chi connectivity index (χ0v) is 13.8. The van der Waals surface area contributed by atoms with Crippen LogP contribution in [0.3, 0.4) is 0 Å². The van der Waals surface area contributed by atoms with Gasteiger partial charge in [0.25, 0.3) is 5.91 Å². The molecule has 0 bridgehead atoms. The summed E-state index contributed by atoms with van der Waals surface area (Å²) in [6, 6.07) is 19.7. The van der Waals surface area contributed by atoms with Crippen molar-refractivity contribution in [3.63, 3.8) is 0 Å². The Morgan fingerprint density at radius 3 is 2.35 bits per heavy atom. The molecule has 0 aromatic heterocycles. The van der Waals surface area contributed by atoms with Crippen LogP contribution in [-0.2, 0) is 4.79 Å². The van der Waals surface area contributed by atoms with Crippen LogP contribution in [0.2, 0.25) is 0 Å². The second kappa shape index (κ2) is 7.29. The van der Waals surface area contributed by atoms with Crippen molar-refractivity contribution >= 4 is 34.6 Å². The van der Waals surface area contributed by atoms with Gasteiger partial charge in [0.2, 0.25) is 0 Å². The van der Waals surface area contributed by atoms with Crippen molar-refractivity contribution in [1.82, 2.24) is 4.90 Å². The summed E-state index contributed by atoms with van der Waals surface area (Å²) in [4.78, 5) is 19.8. The molecule has 3 rings (SSSR count). The number of para-hydroxylation sites is 1. The Labute approximate surface area is 140 Å². The molecular formula is C19H18N2OS. The normalized spacial score (nSPS) is 18.1. The maximum atomic E-state index is 12.7. The van der Waals surface area contributed by atoms with Gasteiger partial charge in [-0.25, -0.2) is 4.99 Å². The summed E-state index contributed by atoms with van der Waals surface area (Å²) in [6.45, 7) is 2.75. The predicted molar refractivity (Wildman–Crippen MR) is 97.6 cm³/mol. The molecule has 0 saturated carbocycles. The third-order valence-corrected chi connectivity index (χ3v) is 4.42. The van der Waals surface area contributed by atoms with Gasteiger partial charge in [0.1, 0.15) is 0 Å². The van der Waals surface area contributed by atoms with Gasteiger partial charge < -0.3 is 0 Å². The number of carbonyl (C=O) groups excluding carboxylic acids is 1. The molecule has 1 saturated heterocycles. The first-order valence-electron chi connectivity index (χ1n) is 7.68. The molecule has 2 aromatic rings. The molecule has 0 aliphatic carbocycles. The quantitative estimate of drug-likeness (QED) is 0.764. The Kier molecular flexibility index (Phi) is 4.93. The van der Waals surface area contributed by atoms with Crippen molar-refractivity contribution in [2.75, 3.05) is 6.54 Å². The fourth-order valence-electron chi connectivity index (χ4n) is 2.33. The Bertz CT molecular complexity index is 738. The van der Waals surface area contributed by atoms with Crippen LogP contribution in [-0.4, -0.2) is 22.5 Å². The highest BCUT2D eigenvalue weighted by molar-refractivity contribution is 8.18. The smallest absolute Gasteiger partial charge is 0.266 e. The molecule has 2 aromatic carbocycles. The molecule has 0 atom stereocenters. The summed E-state index contributed by atoms with van der Waals surface area (Å²) >= 11 is 1.44. The largest absolute Gasteiger partial charge is 0.286 e. The lowest BCUT2D eigenvalue weighted by Crippen LogP contribution is -2.29. The molecule has 1 amide bonds. The van der Waals surface area contributed by atoms with Crippen LogP contribution < -0.4 is 0 Å². The minimum absolute atomic E-state index is 0.0374. The predicted octanol–water partition coefficient (Wildman–Crippen LogP) is 4.70. The van der Waals surface area contributed by atoms with Crippen molar-refractivity contribution in [1.29, 1.82) is 0 Å². The Balaban J connectivity index is 1.93. The van der Waals surface area contributed by atoms with Crippen LogP contribution in [0, 0.1) is 0 Å². The van der Waals surface area contributed by atoms with Crippen molar-refractivity contribution in [2.24, 2.45) is 4.99 Å². The molecule has 0 N–H and O–H groups in total. The fourth-order valence-corrected chi connectivity index (χ4v) is 3.35. The van der Waals surface area contributed by atoms with E-state index in [0.29, 0.717) is 6.54 Å². The first kappa shape index (κ1) is 15.6. The zero-order chi connectivity index (χ0) is 16.1. The maximum Gasteiger partial charge on any atom is 0.266 e. The molecule has 116 valence electrons. The first-order chi connectivity index (χ1) is 11.3. The van der Waals surface area contributed by atoms with Crippen molar-refractivity contribution in [3.05, 3.63) is 71.1 Å². The molecule has 23 heavy (non-hydrogen) atoms. The van der Waals surface area contributed by atoms with E-state index in [4.69, 9.17) is 0 Å². The second-order valence-corrected chi connectivity index (χ2v) is 6.22. The third-order valence-electron chi connectivity index (χ3n) is 3.41. The summed E-state index contributed by atoms with van der Waals surface area (Å²) in [6.07, 6.45) is 2.84. The number of benzene rings is 2. The van der Waals surface area contributed by atoms with Crippen LogP contribution in [0.15, 0.2) is 70.6 Å². The molecule has 1 aliphatic rings. The van der Waals surface area contributed by atoms with Gasteiger partial charge >= 0.3 is 0 Å². The summed E-state index contributed by atoms with van der Waals surface area (Å²) in [5, 5.41) is 0.755. The number of nitrogens with zero attached hydrogens (tertiary/aromatic N) is 2. The van der Waals surface area contributed by atoms with Crippen LogP contribution in [0.4, 0.5) is 5.69 Å². The Morgan fingerprint density at radius 2 is 1.70 bits per heavy atom. The van der Waals surface area contributed by atoms with E-state index in [2.05, 4.69) is 11.9 Å². The lowest BCUT2D eigenvalue weighted by molar-refractivity contribution is -0.122. The van der Waals surface area contributed by atoms with Gasteiger partial charge in [0.05, 0.1) is 10.6 Å². The van der Waals surface area contributed by atoms with E-state index in [1.807, 2.05) is 66.7 Å². The van der Waals surface area contributed by atoms with E-state index >= 15 is 0 Å². The summed E-state index contributed by atoms with van der Waals surface area (Å²) in [5.41, 5.74) is 1.89. The highest BCUT2D eigenvalue weighted by atomic mass is 32.2. The number of carbonyl (C=O) groups is 1. The topological polar surface area (TPSA) is 32.7 Å². The second-order valence-electron chi connectivity index (χ2n) is 5.21. The number of aliphatic imine (C=N–C) groups is 1. The minimum atomic E-state index is 0.0374. The van der Waals surface area contributed by atoms with Gasteiger partial charge in [-0.05, 0) is 42.0 Å². The molecular weight excluding hydrogens is 304 g/mol. The van der Waals surface area contributed by atoms with E-state index in [-0.39, 0.29) is 5.91 Å². The van der Waals surface area contributed by atoms with Crippen LogP contribution in [0.1, 0.15) is 18.9 Å². The van der Waals surface area contributed by atoms with E-state index in [9.17, 15) is 4.79 Å². The molecule has 0 spiro atoms. The Morgan fingerprint density at radius 1 is 1.04 bits per heavy atom. The summed E-state index contributed by atoms with van der Waals surface area (Å²) in [7, 11) is 0. The van der Waals surface area contributed by atoms with Gasteiger partial charge in [0.15, 0.2) is 5.17 Å². The average Bonchev–Trinajstić information content (AvgIpc) is 2.86. The van der Waals surface area contributed by atoms with Crippen molar-refractivity contribution in [3.8, 4) is 0 Å². The van der Waals surface area contributed by atoms with Crippen LogP contribution in [0.5, 0.6) is 0 Å². The number of hydrogen-bond donors (Lipinski definition) is 0. The van der Waals surface area contributed by atoms with E-state index in [1.54, 1.807) is 4.90 Å². The first-order valence-corrected chi connectivity index (χ1v) is 8.50. The van der Waals surface area contributed by atoms with Crippen LogP contribution >= 0.6 is 11.8 Å². The van der Waals surface area contributed by atoms with Crippen molar-refractivity contribution < 1.29 is 4.79 Å².